The molecule has 5 aliphatic rings. The first-order valence-corrected chi connectivity index (χ1v) is 21.8. The number of rotatable bonds is 5. The largest absolute Gasteiger partial charge is 0.449 e. The van der Waals surface area contributed by atoms with Gasteiger partial charge in [0.2, 0.25) is 0 Å². The molecule has 13 rings (SSSR count). The van der Waals surface area contributed by atoms with Crippen molar-refractivity contribution >= 4 is 22.1 Å². The van der Waals surface area contributed by atoms with Crippen LogP contribution in [0.2, 0.25) is 0 Å². The summed E-state index contributed by atoms with van der Waals surface area (Å²) in [5.41, 5.74) is 15.6. The molecule has 0 radical (unpaired) electrons. The Morgan fingerprint density at radius 2 is 1.32 bits per heavy atom. The highest BCUT2D eigenvalue weighted by atomic mass is 16.6. The third-order valence-electron chi connectivity index (χ3n) is 13.9. The third-order valence-corrected chi connectivity index (χ3v) is 13.9. The van der Waals surface area contributed by atoms with Gasteiger partial charge in [0, 0.05) is 23.2 Å². The van der Waals surface area contributed by atoms with Gasteiger partial charge in [0.15, 0.2) is 23.0 Å². The minimum atomic E-state index is -0.398. The summed E-state index contributed by atoms with van der Waals surface area (Å²) in [7, 11) is 0. The Hall–Kier alpha value is -7.62. The first-order valence-electron chi connectivity index (χ1n) is 21.8. The second-order valence-electron chi connectivity index (χ2n) is 17.0. The van der Waals surface area contributed by atoms with E-state index in [1.807, 2.05) is 6.07 Å². The SMILES string of the molecule is C1=CCC2C(=C1)C1(c3ccccc3-c3cc4c(cc31)Oc1cccc(N(C3=CCC(c5ccccc5)C=C3)c3ccc(-c5cccc6ccccc56)cc3)c1O4)c1ccccc12. The molecule has 0 aromatic heterocycles. The Morgan fingerprint density at radius 1 is 0.565 bits per heavy atom. The van der Waals surface area contributed by atoms with E-state index in [0.29, 0.717) is 23.3 Å². The van der Waals surface area contributed by atoms with Crippen molar-refractivity contribution in [3.63, 3.8) is 0 Å². The van der Waals surface area contributed by atoms with Crippen LogP contribution in [0.1, 0.15) is 52.5 Å². The number of hydrogen-bond acceptors (Lipinski definition) is 3. The molecular weight excluding hydrogens is 755 g/mol. The molecule has 4 aliphatic carbocycles. The van der Waals surface area contributed by atoms with Gasteiger partial charge in [0.05, 0.1) is 11.1 Å². The average molecular weight is 796 g/mol. The summed E-state index contributed by atoms with van der Waals surface area (Å²) in [6.45, 7) is 0. The van der Waals surface area contributed by atoms with Gasteiger partial charge >= 0.3 is 0 Å². The zero-order valence-electron chi connectivity index (χ0n) is 34.0. The lowest BCUT2D eigenvalue weighted by Gasteiger charge is -2.34. The molecule has 3 nitrogen and oxygen atoms in total. The molecule has 0 bridgehead atoms. The molecule has 8 aromatic carbocycles. The molecule has 1 heterocycles. The van der Waals surface area contributed by atoms with E-state index in [-0.39, 0.29) is 0 Å². The third kappa shape index (κ3) is 5.12. The Morgan fingerprint density at radius 3 is 2.21 bits per heavy atom. The van der Waals surface area contributed by atoms with Gasteiger partial charge in [0.1, 0.15) is 0 Å². The average Bonchev–Trinajstić information content (AvgIpc) is 3.80. The zero-order valence-corrected chi connectivity index (χ0v) is 34.0. The normalized spacial score (nSPS) is 19.5. The van der Waals surface area contributed by atoms with E-state index >= 15 is 0 Å². The maximum Gasteiger partial charge on any atom is 0.194 e. The molecule has 62 heavy (non-hydrogen) atoms. The van der Waals surface area contributed by atoms with E-state index in [4.69, 9.17) is 9.47 Å². The van der Waals surface area contributed by atoms with E-state index in [1.54, 1.807) is 0 Å². The van der Waals surface area contributed by atoms with Crippen molar-refractivity contribution in [1.82, 2.24) is 0 Å². The van der Waals surface area contributed by atoms with Crippen molar-refractivity contribution in [2.24, 2.45) is 0 Å². The summed E-state index contributed by atoms with van der Waals surface area (Å²) in [6, 6.07) is 63.7. The van der Waals surface area contributed by atoms with Gasteiger partial charge in [-0.15, -0.1) is 0 Å². The van der Waals surface area contributed by atoms with Crippen LogP contribution < -0.4 is 14.4 Å². The molecule has 3 atom stereocenters. The van der Waals surface area contributed by atoms with Crippen LogP contribution in [-0.4, -0.2) is 0 Å². The monoisotopic (exact) mass is 795 g/mol. The Labute approximate surface area is 361 Å². The minimum Gasteiger partial charge on any atom is -0.449 e. The Bertz CT molecular complexity index is 3260. The summed E-state index contributed by atoms with van der Waals surface area (Å²) in [6.07, 6.45) is 15.8. The van der Waals surface area contributed by atoms with Crippen molar-refractivity contribution < 1.29 is 9.47 Å². The van der Waals surface area contributed by atoms with E-state index in [2.05, 4.69) is 211 Å². The fourth-order valence-corrected chi connectivity index (χ4v) is 11.2. The summed E-state index contributed by atoms with van der Waals surface area (Å²) >= 11 is 0. The fourth-order valence-electron chi connectivity index (χ4n) is 11.2. The Kier molecular flexibility index (Phi) is 7.77. The maximum atomic E-state index is 7.16. The second-order valence-corrected chi connectivity index (χ2v) is 17.0. The smallest absolute Gasteiger partial charge is 0.194 e. The van der Waals surface area contributed by atoms with Crippen LogP contribution in [0.5, 0.6) is 23.0 Å². The molecule has 0 saturated heterocycles. The summed E-state index contributed by atoms with van der Waals surface area (Å²) in [5.74, 6) is 3.50. The molecule has 0 amide bonds. The molecule has 1 aliphatic heterocycles. The predicted molar refractivity (Wildman–Crippen MR) is 252 cm³/mol. The van der Waals surface area contributed by atoms with Crippen LogP contribution >= 0.6 is 0 Å². The molecule has 3 heteroatoms. The molecule has 1 spiro atoms. The van der Waals surface area contributed by atoms with E-state index in [1.165, 1.54) is 66.4 Å². The van der Waals surface area contributed by atoms with E-state index in [0.717, 1.165) is 41.4 Å². The van der Waals surface area contributed by atoms with Gasteiger partial charge in [-0.2, -0.15) is 0 Å². The second kappa shape index (κ2) is 13.7. The lowest BCUT2D eigenvalue weighted by atomic mass is 9.69. The lowest BCUT2D eigenvalue weighted by Crippen LogP contribution is -2.27. The number of benzene rings is 8. The topological polar surface area (TPSA) is 21.7 Å². The van der Waals surface area contributed by atoms with Gasteiger partial charge in [-0.3, -0.25) is 0 Å². The number of para-hydroxylation sites is 1. The standard InChI is InChI=1S/C59H41NO2/c1-2-14-38(15-3-1)39-28-32-42(33-29-39)60(43-34-30-41(31-35-43)45-22-12-17-40-16-4-5-18-44(40)45)54-26-13-27-55-58(54)62-56-36-49-48-21-8-11-25-52(48)59(53(49)37-57(56)61-55)50-23-9-6-19-46(50)47-20-7-10-24-51(47)59/h1-19,21-28,30-37,39,47H,20,29H2. The molecule has 0 fully saturated rings. The molecule has 294 valence electrons. The minimum absolute atomic E-state index is 0.308. The molecular formula is C59H41NO2. The highest BCUT2D eigenvalue weighted by molar-refractivity contribution is 5.97. The zero-order chi connectivity index (χ0) is 40.8. The highest BCUT2D eigenvalue weighted by Gasteiger charge is 2.55. The van der Waals surface area contributed by atoms with Crippen molar-refractivity contribution in [2.75, 3.05) is 4.90 Å². The Balaban J connectivity index is 0.933. The van der Waals surface area contributed by atoms with Crippen LogP contribution in [0, 0.1) is 0 Å². The molecule has 8 aromatic rings. The van der Waals surface area contributed by atoms with Crippen molar-refractivity contribution in [3.8, 4) is 45.3 Å². The lowest BCUT2D eigenvalue weighted by molar-refractivity contribution is 0.360. The van der Waals surface area contributed by atoms with Crippen molar-refractivity contribution in [3.05, 3.63) is 251 Å². The molecule has 3 unspecified atom stereocenters. The number of allylic oxidation sites excluding steroid dienone is 7. The van der Waals surface area contributed by atoms with Crippen molar-refractivity contribution in [2.45, 2.75) is 30.1 Å². The maximum absolute atomic E-state index is 7.16. The number of nitrogens with zero attached hydrogens (tertiary/aromatic N) is 1. The van der Waals surface area contributed by atoms with E-state index in [9.17, 15) is 0 Å². The highest BCUT2D eigenvalue weighted by Crippen LogP contribution is 2.67. The van der Waals surface area contributed by atoms with Gasteiger partial charge in [-0.1, -0.05) is 170 Å². The van der Waals surface area contributed by atoms with Gasteiger partial charge < -0.3 is 14.4 Å². The van der Waals surface area contributed by atoms with Gasteiger partial charge in [-0.25, -0.2) is 0 Å². The van der Waals surface area contributed by atoms with Crippen LogP contribution in [-0.2, 0) is 5.41 Å². The van der Waals surface area contributed by atoms with Gasteiger partial charge in [0.25, 0.3) is 0 Å². The summed E-state index contributed by atoms with van der Waals surface area (Å²) in [4.78, 5) is 2.33. The number of ether oxygens (including phenoxy) is 2. The van der Waals surface area contributed by atoms with E-state index < -0.39 is 5.41 Å². The first-order chi connectivity index (χ1) is 30.7. The number of fused-ring (bicyclic) bond motifs is 13. The van der Waals surface area contributed by atoms with Crippen LogP contribution in [0.4, 0.5) is 11.4 Å². The summed E-state index contributed by atoms with van der Waals surface area (Å²) < 4.78 is 14.2. The number of anilines is 2. The molecule has 0 N–H and O–H groups in total. The predicted octanol–water partition coefficient (Wildman–Crippen LogP) is 15.5. The van der Waals surface area contributed by atoms with Gasteiger partial charge in [-0.05, 0) is 122 Å². The van der Waals surface area contributed by atoms with Crippen LogP contribution in [0.15, 0.2) is 224 Å². The molecule has 0 saturated carbocycles. The number of hydrogen-bond donors (Lipinski definition) is 0. The fraction of sp³-hybridized carbons (Fsp3) is 0.0847. The van der Waals surface area contributed by atoms with Crippen LogP contribution in [0.25, 0.3) is 33.0 Å². The summed E-state index contributed by atoms with van der Waals surface area (Å²) in [5, 5.41) is 2.48. The van der Waals surface area contributed by atoms with Crippen molar-refractivity contribution in [1.29, 1.82) is 0 Å². The quantitative estimate of drug-likeness (QED) is 0.173. The first kappa shape index (κ1) is 35.2. The van der Waals surface area contributed by atoms with Crippen LogP contribution in [0.3, 0.4) is 0 Å².